The molecule has 228 valence electrons. The van der Waals surface area contributed by atoms with Gasteiger partial charge >= 0.3 is 0 Å². The zero-order valence-electron chi connectivity index (χ0n) is 25.7. The number of rotatable bonds is 22. The number of carbonyl (C=O) groups is 2. The number of hydrogen-bond acceptors (Lipinski definition) is 8. The molecule has 0 spiro atoms. The lowest BCUT2D eigenvalue weighted by atomic mass is 10.1. The van der Waals surface area contributed by atoms with E-state index in [2.05, 4.69) is 56.4 Å². The van der Waals surface area contributed by atoms with Crippen molar-refractivity contribution in [3.05, 3.63) is 83.7 Å². The summed E-state index contributed by atoms with van der Waals surface area (Å²) >= 11 is 0. The predicted molar refractivity (Wildman–Crippen MR) is 169 cm³/mol. The molecule has 0 aliphatic heterocycles. The molecule has 2 heterocycles. The first-order valence-electron chi connectivity index (χ1n) is 15.8. The molecule has 0 radical (unpaired) electrons. The van der Waals surface area contributed by atoms with Crippen molar-refractivity contribution in [3.8, 4) is 0 Å². The summed E-state index contributed by atoms with van der Waals surface area (Å²) < 4.78 is 0. The molecule has 8 nitrogen and oxygen atoms in total. The van der Waals surface area contributed by atoms with Gasteiger partial charge in [0, 0.05) is 63.1 Å². The standard InChI is InChI=1S/C34H50N6O2/c1-3-39(27-29-15-13-17-35-25-29)21-11-7-5-9-19-37-31-23-34(42)32(24-33(31)41)38-20-10-6-8-12-22-40(4-2)28-30-16-14-18-36-26-30/h13-18,23-26,37-38H,3-12,19-22,27-28H2,1-2H3. The Morgan fingerprint density at radius 2 is 1.05 bits per heavy atom. The molecule has 0 saturated carbocycles. The van der Waals surface area contributed by atoms with E-state index in [0.717, 1.165) is 90.6 Å². The molecule has 3 rings (SSSR count). The van der Waals surface area contributed by atoms with Crippen LogP contribution in [0.5, 0.6) is 0 Å². The zero-order chi connectivity index (χ0) is 29.8. The molecule has 1 aliphatic carbocycles. The molecule has 0 aromatic carbocycles. The number of hydrogen-bond donors (Lipinski definition) is 2. The average molecular weight is 575 g/mol. The van der Waals surface area contributed by atoms with Gasteiger partial charge < -0.3 is 10.6 Å². The lowest BCUT2D eigenvalue weighted by Crippen LogP contribution is -2.30. The van der Waals surface area contributed by atoms with Crippen LogP contribution in [0, 0.1) is 0 Å². The molecule has 2 aromatic rings. The maximum Gasteiger partial charge on any atom is 0.203 e. The molecule has 0 amide bonds. The molecular formula is C34H50N6O2. The number of nitrogens with zero attached hydrogens (tertiary/aromatic N) is 4. The molecule has 8 heteroatoms. The van der Waals surface area contributed by atoms with Gasteiger partial charge in [0.1, 0.15) is 0 Å². The van der Waals surface area contributed by atoms with E-state index < -0.39 is 0 Å². The SMILES string of the molecule is CCN(CCCCCCNC1=CC(=O)C(NCCCCCCN(CC)Cc2cccnc2)=CC1=O)Cc1cccnc1. The van der Waals surface area contributed by atoms with Gasteiger partial charge in [-0.15, -0.1) is 0 Å². The van der Waals surface area contributed by atoms with Crippen molar-refractivity contribution in [1.29, 1.82) is 0 Å². The summed E-state index contributed by atoms with van der Waals surface area (Å²) in [4.78, 5) is 38.4. The zero-order valence-corrected chi connectivity index (χ0v) is 25.7. The average Bonchev–Trinajstić information content (AvgIpc) is 3.01. The van der Waals surface area contributed by atoms with Gasteiger partial charge in [-0.25, -0.2) is 0 Å². The fraction of sp³-hybridized carbons (Fsp3) is 0.529. The second kappa shape index (κ2) is 19.7. The van der Waals surface area contributed by atoms with E-state index >= 15 is 0 Å². The quantitative estimate of drug-likeness (QED) is 0.149. The molecule has 2 N–H and O–H groups in total. The summed E-state index contributed by atoms with van der Waals surface area (Å²) in [6, 6.07) is 8.22. The molecule has 0 saturated heterocycles. The van der Waals surface area contributed by atoms with Crippen molar-refractivity contribution in [2.75, 3.05) is 39.3 Å². The highest BCUT2D eigenvalue weighted by molar-refractivity contribution is 6.19. The van der Waals surface area contributed by atoms with E-state index in [1.165, 1.54) is 23.3 Å². The van der Waals surface area contributed by atoms with Crippen LogP contribution in [-0.2, 0) is 22.7 Å². The normalized spacial score (nSPS) is 13.4. The Bertz CT molecular complexity index is 1030. The second-order valence-corrected chi connectivity index (χ2v) is 11.0. The first-order valence-corrected chi connectivity index (χ1v) is 15.8. The first kappa shape index (κ1) is 33.1. The Kier molecular flexibility index (Phi) is 15.6. The summed E-state index contributed by atoms with van der Waals surface area (Å²) in [7, 11) is 0. The summed E-state index contributed by atoms with van der Waals surface area (Å²) in [5, 5.41) is 6.36. The van der Waals surface area contributed by atoms with Crippen LogP contribution in [-0.4, -0.2) is 70.6 Å². The summed E-state index contributed by atoms with van der Waals surface area (Å²) in [6.45, 7) is 11.9. The maximum atomic E-state index is 12.6. The highest BCUT2D eigenvalue weighted by atomic mass is 16.1. The van der Waals surface area contributed by atoms with Crippen LogP contribution >= 0.6 is 0 Å². The van der Waals surface area contributed by atoms with Crippen LogP contribution in [0.3, 0.4) is 0 Å². The molecule has 0 unspecified atom stereocenters. The Labute approximate surface area is 252 Å². The first-order chi connectivity index (χ1) is 20.6. The summed E-state index contributed by atoms with van der Waals surface area (Å²) in [5.41, 5.74) is 3.31. The minimum absolute atomic E-state index is 0.126. The van der Waals surface area contributed by atoms with E-state index in [-0.39, 0.29) is 11.6 Å². The van der Waals surface area contributed by atoms with Crippen molar-refractivity contribution < 1.29 is 9.59 Å². The van der Waals surface area contributed by atoms with Gasteiger partial charge in [0.05, 0.1) is 11.4 Å². The van der Waals surface area contributed by atoms with Crippen molar-refractivity contribution in [3.63, 3.8) is 0 Å². The topological polar surface area (TPSA) is 90.5 Å². The van der Waals surface area contributed by atoms with Crippen molar-refractivity contribution in [2.45, 2.75) is 78.3 Å². The molecule has 2 aromatic heterocycles. The van der Waals surface area contributed by atoms with Crippen molar-refractivity contribution in [1.82, 2.24) is 30.4 Å². The van der Waals surface area contributed by atoms with Gasteiger partial charge in [0.25, 0.3) is 0 Å². The fourth-order valence-electron chi connectivity index (χ4n) is 5.11. The van der Waals surface area contributed by atoms with Gasteiger partial charge in [0.2, 0.25) is 11.6 Å². The third-order valence-electron chi connectivity index (χ3n) is 7.67. The van der Waals surface area contributed by atoms with E-state index in [1.807, 2.05) is 36.9 Å². The number of unbranched alkanes of at least 4 members (excludes halogenated alkanes) is 6. The minimum Gasteiger partial charge on any atom is -0.382 e. The Morgan fingerprint density at radius 1 is 0.619 bits per heavy atom. The Balaban J connectivity index is 1.21. The van der Waals surface area contributed by atoms with Crippen molar-refractivity contribution >= 4 is 11.6 Å². The number of nitrogens with one attached hydrogen (secondary N) is 2. The fourth-order valence-corrected chi connectivity index (χ4v) is 5.11. The number of carbonyl (C=O) groups excluding carboxylic acids is 2. The minimum atomic E-state index is -0.126. The van der Waals surface area contributed by atoms with Gasteiger partial charge in [-0.05, 0) is 75.1 Å². The highest BCUT2D eigenvalue weighted by Crippen LogP contribution is 2.11. The van der Waals surface area contributed by atoms with Crippen LogP contribution in [0.1, 0.15) is 76.3 Å². The van der Waals surface area contributed by atoms with E-state index in [4.69, 9.17) is 0 Å². The Morgan fingerprint density at radius 3 is 1.43 bits per heavy atom. The van der Waals surface area contributed by atoms with Gasteiger partial charge in [-0.1, -0.05) is 51.7 Å². The van der Waals surface area contributed by atoms with Crippen molar-refractivity contribution in [2.24, 2.45) is 0 Å². The lowest BCUT2D eigenvalue weighted by molar-refractivity contribution is -0.115. The van der Waals surface area contributed by atoms with E-state index in [9.17, 15) is 9.59 Å². The van der Waals surface area contributed by atoms with E-state index in [0.29, 0.717) is 24.5 Å². The molecule has 0 fully saturated rings. The predicted octanol–water partition coefficient (Wildman–Crippen LogP) is 5.04. The smallest absolute Gasteiger partial charge is 0.203 e. The highest BCUT2D eigenvalue weighted by Gasteiger charge is 2.19. The third-order valence-corrected chi connectivity index (χ3v) is 7.67. The van der Waals surface area contributed by atoms with Crippen LogP contribution < -0.4 is 10.6 Å². The van der Waals surface area contributed by atoms with Gasteiger partial charge in [0.15, 0.2) is 0 Å². The molecule has 42 heavy (non-hydrogen) atoms. The Hall–Kier alpha value is -3.36. The number of aromatic nitrogens is 2. The third kappa shape index (κ3) is 12.7. The molecule has 0 atom stereocenters. The molecule has 1 aliphatic rings. The largest absolute Gasteiger partial charge is 0.382 e. The van der Waals surface area contributed by atoms with E-state index in [1.54, 1.807) is 0 Å². The van der Waals surface area contributed by atoms with Crippen LogP contribution in [0.25, 0.3) is 0 Å². The molecular weight excluding hydrogens is 524 g/mol. The van der Waals surface area contributed by atoms with Crippen LogP contribution in [0.15, 0.2) is 72.6 Å². The van der Waals surface area contributed by atoms with Crippen LogP contribution in [0.2, 0.25) is 0 Å². The maximum absolute atomic E-state index is 12.6. The number of allylic oxidation sites excluding steroid dienone is 2. The second-order valence-electron chi connectivity index (χ2n) is 11.0. The lowest BCUT2D eigenvalue weighted by Gasteiger charge is -2.20. The van der Waals surface area contributed by atoms with Gasteiger partial charge in [-0.2, -0.15) is 0 Å². The number of pyridine rings is 2. The molecule has 0 bridgehead atoms. The summed E-state index contributed by atoms with van der Waals surface area (Å²) in [6.07, 6.45) is 19.1. The van der Waals surface area contributed by atoms with Crippen LogP contribution in [0.4, 0.5) is 0 Å². The van der Waals surface area contributed by atoms with Gasteiger partial charge in [-0.3, -0.25) is 29.4 Å². The number of ketones is 2. The summed E-state index contributed by atoms with van der Waals surface area (Å²) in [5.74, 6) is -0.251. The monoisotopic (exact) mass is 574 g/mol.